The Morgan fingerprint density at radius 2 is 1.28 bits per heavy atom. The van der Waals surface area contributed by atoms with E-state index in [1.165, 1.54) is 0 Å². The molecule has 0 saturated carbocycles. The van der Waals surface area contributed by atoms with Crippen molar-refractivity contribution in [3.05, 3.63) is 107 Å². The van der Waals surface area contributed by atoms with Crippen molar-refractivity contribution in [2.45, 2.75) is 12.5 Å². The molecule has 0 aliphatic heterocycles. The zero-order valence-corrected chi connectivity index (χ0v) is 14.0. The van der Waals surface area contributed by atoms with Gasteiger partial charge in [0.1, 0.15) is 0 Å². The minimum Gasteiger partial charge on any atom is -0.339 e. The van der Waals surface area contributed by atoms with Gasteiger partial charge in [-0.3, -0.25) is 9.59 Å². The summed E-state index contributed by atoms with van der Waals surface area (Å²) in [4.78, 5) is 24.2. The third-order valence-corrected chi connectivity index (χ3v) is 4.40. The van der Waals surface area contributed by atoms with Gasteiger partial charge in [0.15, 0.2) is 6.29 Å². The molecule has 124 valence electrons. The highest BCUT2D eigenvalue weighted by atomic mass is 16.2. The van der Waals surface area contributed by atoms with Gasteiger partial charge in [-0.25, -0.2) is 0 Å². The van der Waals surface area contributed by atoms with Crippen LogP contribution in [0.2, 0.25) is 0 Å². The van der Waals surface area contributed by atoms with E-state index in [4.69, 9.17) is 0 Å². The Hall–Kier alpha value is -3.20. The predicted molar refractivity (Wildman–Crippen MR) is 98.6 cm³/mol. The maximum absolute atomic E-state index is 12.9. The van der Waals surface area contributed by atoms with Gasteiger partial charge in [-0.2, -0.15) is 0 Å². The lowest BCUT2D eigenvalue weighted by molar-refractivity contribution is 0.0914. The number of aldehydes is 1. The van der Waals surface area contributed by atoms with Crippen LogP contribution < -0.4 is 5.32 Å². The van der Waals surface area contributed by atoms with Crippen LogP contribution in [0.1, 0.15) is 38.8 Å². The van der Waals surface area contributed by atoms with Gasteiger partial charge in [-0.1, -0.05) is 78.9 Å². The molecule has 3 aromatic carbocycles. The molecule has 3 heteroatoms. The first-order chi connectivity index (χ1) is 12.1. The average molecular weight is 329 g/mol. The van der Waals surface area contributed by atoms with Crippen LogP contribution in [-0.2, 0) is 5.54 Å². The van der Waals surface area contributed by atoms with E-state index in [2.05, 4.69) is 5.32 Å². The van der Waals surface area contributed by atoms with E-state index >= 15 is 0 Å². The maximum Gasteiger partial charge on any atom is 0.252 e. The number of amides is 1. The fourth-order valence-electron chi connectivity index (χ4n) is 2.95. The van der Waals surface area contributed by atoms with Crippen LogP contribution in [0, 0.1) is 0 Å². The van der Waals surface area contributed by atoms with Crippen molar-refractivity contribution in [2.24, 2.45) is 0 Å². The van der Waals surface area contributed by atoms with Crippen molar-refractivity contribution >= 4 is 12.2 Å². The number of nitrogens with one attached hydrogen (secondary N) is 1. The van der Waals surface area contributed by atoms with E-state index in [1.54, 1.807) is 24.3 Å². The third-order valence-electron chi connectivity index (χ3n) is 4.40. The van der Waals surface area contributed by atoms with Gasteiger partial charge in [0.2, 0.25) is 0 Å². The summed E-state index contributed by atoms with van der Waals surface area (Å²) in [5.41, 5.74) is 1.98. The lowest BCUT2D eigenvalue weighted by Gasteiger charge is -2.32. The summed E-state index contributed by atoms with van der Waals surface area (Å²) in [6.07, 6.45) is 0.706. The van der Waals surface area contributed by atoms with Crippen molar-refractivity contribution in [3.8, 4) is 0 Å². The van der Waals surface area contributed by atoms with Gasteiger partial charge in [0.25, 0.3) is 5.91 Å². The first-order valence-electron chi connectivity index (χ1n) is 8.13. The van der Waals surface area contributed by atoms with Crippen LogP contribution in [0.15, 0.2) is 84.9 Å². The normalized spacial score (nSPS) is 10.9. The van der Waals surface area contributed by atoms with Crippen LogP contribution >= 0.6 is 0 Å². The Labute approximate surface area is 147 Å². The Morgan fingerprint density at radius 3 is 1.80 bits per heavy atom. The lowest BCUT2D eigenvalue weighted by atomic mass is 9.84. The van der Waals surface area contributed by atoms with Gasteiger partial charge in [-0.15, -0.1) is 0 Å². The average Bonchev–Trinajstić information content (AvgIpc) is 2.69. The second kappa shape index (κ2) is 7.14. The molecule has 0 spiro atoms. The molecule has 3 aromatic rings. The second-order valence-electron chi connectivity index (χ2n) is 6.02. The number of rotatable bonds is 5. The molecule has 0 aromatic heterocycles. The topological polar surface area (TPSA) is 46.2 Å². The van der Waals surface area contributed by atoms with Crippen LogP contribution in [0.4, 0.5) is 0 Å². The Kier molecular flexibility index (Phi) is 4.75. The zero-order valence-electron chi connectivity index (χ0n) is 14.0. The van der Waals surface area contributed by atoms with Gasteiger partial charge < -0.3 is 5.32 Å². The molecule has 25 heavy (non-hydrogen) atoms. The molecule has 3 nitrogen and oxygen atoms in total. The number of hydrogen-bond donors (Lipinski definition) is 1. The quantitative estimate of drug-likeness (QED) is 0.713. The molecule has 0 aliphatic rings. The molecule has 1 amide bonds. The monoisotopic (exact) mass is 329 g/mol. The van der Waals surface area contributed by atoms with Crippen molar-refractivity contribution in [2.75, 3.05) is 0 Å². The largest absolute Gasteiger partial charge is 0.339 e. The van der Waals surface area contributed by atoms with Crippen molar-refractivity contribution in [3.63, 3.8) is 0 Å². The number of benzene rings is 3. The molecule has 0 unspecified atom stereocenters. The minimum absolute atomic E-state index is 0.280. The summed E-state index contributed by atoms with van der Waals surface area (Å²) in [5.74, 6) is -0.280. The third kappa shape index (κ3) is 3.36. The first-order valence-corrected chi connectivity index (χ1v) is 8.13. The summed E-state index contributed by atoms with van der Waals surface area (Å²) in [6, 6.07) is 26.4. The van der Waals surface area contributed by atoms with E-state index in [1.807, 2.05) is 67.6 Å². The summed E-state index contributed by atoms with van der Waals surface area (Å²) in [7, 11) is 0. The zero-order chi connectivity index (χ0) is 17.7. The van der Waals surface area contributed by atoms with E-state index in [9.17, 15) is 9.59 Å². The molecule has 0 saturated heterocycles. The minimum atomic E-state index is -0.713. The molecular formula is C22H19NO2. The van der Waals surface area contributed by atoms with Crippen LogP contribution in [0.25, 0.3) is 0 Å². The molecule has 1 N–H and O–H groups in total. The molecular weight excluding hydrogens is 310 g/mol. The summed E-state index contributed by atoms with van der Waals surface area (Å²) >= 11 is 0. The van der Waals surface area contributed by atoms with Gasteiger partial charge in [0, 0.05) is 11.1 Å². The molecule has 0 radical (unpaired) electrons. The van der Waals surface area contributed by atoms with Crippen LogP contribution in [0.3, 0.4) is 0 Å². The highest BCUT2D eigenvalue weighted by Crippen LogP contribution is 2.29. The highest BCUT2D eigenvalue weighted by Gasteiger charge is 2.31. The molecule has 0 bridgehead atoms. The van der Waals surface area contributed by atoms with E-state index < -0.39 is 5.54 Å². The summed E-state index contributed by atoms with van der Waals surface area (Å²) in [5, 5.41) is 3.12. The molecule has 3 rings (SSSR count). The Morgan fingerprint density at radius 1 is 0.800 bits per heavy atom. The van der Waals surface area contributed by atoms with Crippen molar-refractivity contribution in [1.82, 2.24) is 5.32 Å². The molecule has 0 atom stereocenters. The highest BCUT2D eigenvalue weighted by molar-refractivity contribution is 6.01. The van der Waals surface area contributed by atoms with Crippen LogP contribution in [0.5, 0.6) is 0 Å². The summed E-state index contributed by atoms with van der Waals surface area (Å²) < 4.78 is 0. The standard InChI is InChI=1S/C22H19NO2/c1-22(18-11-4-2-5-12-18,19-13-6-3-7-14-19)23-21(25)20-15-9-8-10-17(20)16-24/h2-16H,1H3,(H,23,25). The fraction of sp³-hybridized carbons (Fsp3) is 0.0909. The molecule has 0 aliphatic carbocycles. The van der Waals surface area contributed by atoms with E-state index in [0.717, 1.165) is 11.1 Å². The second-order valence-corrected chi connectivity index (χ2v) is 6.02. The number of carbonyl (C=O) groups is 2. The van der Waals surface area contributed by atoms with Gasteiger partial charge in [0.05, 0.1) is 5.54 Å². The van der Waals surface area contributed by atoms with Crippen molar-refractivity contribution in [1.29, 1.82) is 0 Å². The van der Waals surface area contributed by atoms with E-state index in [0.29, 0.717) is 17.4 Å². The van der Waals surface area contributed by atoms with Gasteiger partial charge >= 0.3 is 0 Å². The first kappa shape index (κ1) is 16.7. The summed E-state index contributed by atoms with van der Waals surface area (Å²) in [6.45, 7) is 1.97. The fourth-order valence-corrected chi connectivity index (χ4v) is 2.95. The van der Waals surface area contributed by atoms with Gasteiger partial charge in [-0.05, 0) is 24.1 Å². The molecule has 0 heterocycles. The number of hydrogen-bond acceptors (Lipinski definition) is 2. The Balaban J connectivity index is 2.05. The lowest BCUT2D eigenvalue weighted by Crippen LogP contribution is -2.44. The van der Waals surface area contributed by atoms with Crippen LogP contribution in [-0.4, -0.2) is 12.2 Å². The SMILES string of the molecule is CC(NC(=O)c1ccccc1C=O)(c1ccccc1)c1ccccc1. The Bertz CT molecular complexity index is 833. The number of carbonyl (C=O) groups excluding carboxylic acids is 2. The predicted octanol–water partition coefficient (Wildman–Crippen LogP) is 4.19. The smallest absolute Gasteiger partial charge is 0.252 e. The van der Waals surface area contributed by atoms with Crippen molar-refractivity contribution < 1.29 is 9.59 Å². The van der Waals surface area contributed by atoms with E-state index in [-0.39, 0.29) is 5.91 Å². The molecule has 0 fully saturated rings. The maximum atomic E-state index is 12.9.